The monoisotopic (exact) mass is 398 g/mol. The molecule has 1 fully saturated rings. The lowest BCUT2D eigenvalue weighted by Gasteiger charge is -2.19. The average molecular weight is 398 g/mol. The van der Waals surface area contributed by atoms with Gasteiger partial charge in [0.1, 0.15) is 5.82 Å². The van der Waals surface area contributed by atoms with Crippen LogP contribution >= 0.6 is 0 Å². The summed E-state index contributed by atoms with van der Waals surface area (Å²) in [6.45, 7) is 3.92. The van der Waals surface area contributed by atoms with E-state index in [1.807, 2.05) is 0 Å². The van der Waals surface area contributed by atoms with Gasteiger partial charge in [0.25, 0.3) is 5.91 Å². The first-order chi connectivity index (χ1) is 13.8. The van der Waals surface area contributed by atoms with Crippen molar-refractivity contribution in [2.45, 2.75) is 38.8 Å². The van der Waals surface area contributed by atoms with Crippen LogP contribution in [0.1, 0.15) is 48.7 Å². The number of carbonyl (C=O) groups excluding carboxylic acids is 3. The van der Waals surface area contributed by atoms with Crippen molar-refractivity contribution >= 4 is 23.5 Å². The highest BCUT2D eigenvalue weighted by atomic mass is 19.1. The largest absolute Gasteiger partial charge is 0.449 e. The van der Waals surface area contributed by atoms with Crippen molar-refractivity contribution in [3.63, 3.8) is 0 Å². The molecule has 1 saturated heterocycles. The summed E-state index contributed by atoms with van der Waals surface area (Å²) in [5, 5.41) is 2.74. The molecule has 1 N–H and O–H groups in total. The van der Waals surface area contributed by atoms with Gasteiger partial charge >= 0.3 is 5.97 Å². The number of nitrogens with one attached hydrogen (secondary N) is 1. The van der Waals surface area contributed by atoms with E-state index in [1.54, 1.807) is 48.2 Å². The molecule has 0 spiro atoms. The van der Waals surface area contributed by atoms with Gasteiger partial charge in [-0.25, -0.2) is 9.18 Å². The fraction of sp³-hybridized carbons (Fsp3) is 0.318. The summed E-state index contributed by atoms with van der Waals surface area (Å²) in [4.78, 5) is 38.1. The zero-order valence-corrected chi connectivity index (χ0v) is 16.4. The van der Waals surface area contributed by atoms with Crippen LogP contribution in [0.15, 0.2) is 48.5 Å². The topological polar surface area (TPSA) is 75.7 Å². The van der Waals surface area contributed by atoms with Crippen LogP contribution in [-0.4, -0.2) is 30.4 Å². The molecule has 1 aliphatic rings. The molecule has 6 nitrogen and oxygen atoms in total. The summed E-state index contributed by atoms with van der Waals surface area (Å²) in [5.41, 5.74) is 1.78. The van der Waals surface area contributed by atoms with Gasteiger partial charge in [0.05, 0.1) is 11.6 Å². The second kappa shape index (κ2) is 8.86. The SMILES string of the molecule is C[C@@H](OC(=O)c1ccc(N2CCCC2=O)cc1)C(=O)N[C@H](C)c1ccc(F)cc1. The first-order valence-electron chi connectivity index (χ1n) is 9.52. The van der Waals surface area contributed by atoms with Crippen molar-refractivity contribution in [1.29, 1.82) is 0 Å². The van der Waals surface area contributed by atoms with E-state index < -0.39 is 18.0 Å². The third-order valence-corrected chi connectivity index (χ3v) is 4.87. The molecule has 3 rings (SSSR count). The van der Waals surface area contributed by atoms with Crippen LogP contribution in [0.5, 0.6) is 0 Å². The molecule has 1 aliphatic heterocycles. The van der Waals surface area contributed by atoms with E-state index in [2.05, 4.69) is 5.32 Å². The van der Waals surface area contributed by atoms with Crippen molar-refractivity contribution in [2.24, 2.45) is 0 Å². The van der Waals surface area contributed by atoms with Gasteiger partial charge in [0.2, 0.25) is 5.91 Å². The van der Waals surface area contributed by atoms with Crippen LogP contribution < -0.4 is 10.2 Å². The van der Waals surface area contributed by atoms with E-state index in [9.17, 15) is 18.8 Å². The van der Waals surface area contributed by atoms with Crippen LogP contribution in [0.4, 0.5) is 10.1 Å². The molecule has 2 aromatic carbocycles. The number of esters is 1. The van der Waals surface area contributed by atoms with Crippen molar-refractivity contribution in [1.82, 2.24) is 5.32 Å². The van der Waals surface area contributed by atoms with Crippen LogP contribution in [0.3, 0.4) is 0 Å². The van der Waals surface area contributed by atoms with Crippen molar-refractivity contribution < 1.29 is 23.5 Å². The maximum atomic E-state index is 13.0. The normalized spacial score (nSPS) is 15.7. The summed E-state index contributed by atoms with van der Waals surface area (Å²) in [7, 11) is 0. The van der Waals surface area contributed by atoms with E-state index in [0.717, 1.165) is 17.7 Å². The summed E-state index contributed by atoms with van der Waals surface area (Å²) in [6, 6.07) is 12.0. The molecular weight excluding hydrogens is 375 g/mol. The number of nitrogens with zero attached hydrogens (tertiary/aromatic N) is 1. The van der Waals surface area contributed by atoms with E-state index in [1.165, 1.54) is 19.1 Å². The number of rotatable bonds is 6. The van der Waals surface area contributed by atoms with Crippen molar-refractivity contribution in [2.75, 3.05) is 11.4 Å². The number of ether oxygens (including phenoxy) is 1. The zero-order chi connectivity index (χ0) is 21.0. The molecule has 0 saturated carbocycles. The average Bonchev–Trinajstić information content (AvgIpc) is 3.14. The summed E-state index contributed by atoms with van der Waals surface area (Å²) >= 11 is 0. The van der Waals surface area contributed by atoms with Gasteiger partial charge in [-0.2, -0.15) is 0 Å². The predicted molar refractivity (Wildman–Crippen MR) is 106 cm³/mol. The first-order valence-corrected chi connectivity index (χ1v) is 9.52. The maximum absolute atomic E-state index is 13.0. The van der Waals surface area contributed by atoms with E-state index >= 15 is 0 Å². The van der Waals surface area contributed by atoms with Gasteiger partial charge in [-0.3, -0.25) is 9.59 Å². The molecule has 0 radical (unpaired) electrons. The molecule has 0 aromatic heterocycles. The second-order valence-electron chi connectivity index (χ2n) is 7.03. The Kier molecular flexibility index (Phi) is 6.26. The second-order valence-corrected chi connectivity index (χ2v) is 7.03. The minimum absolute atomic E-state index is 0.0703. The molecule has 7 heteroatoms. The van der Waals surface area contributed by atoms with Crippen molar-refractivity contribution in [3.05, 3.63) is 65.5 Å². The molecule has 29 heavy (non-hydrogen) atoms. The lowest BCUT2D eigenvalue weighted by molar-refractivity contribution is -0.129. The Balaban J connectivity index is 1.55. The smallest absolute Gasteiger partial charge is 0.338 e. The Hall–Kier alpha value is -3.22. The van der Waals surface area contributed by atoms with Gasteiger partial charge in [0, 0.05) is 18.7 Å². The van der Waals surface area contributed by atoms with Crippen LogP contribution in [0, 0.1) is 5.82 Å². The van der Waals surface area contributed by atoms with E-state index in [-0.39, 0.29) is 17.8 Å². The predicted octanol–water partition coefficient (Wildman–Crippen LogP) is 3.38. The van der Waals surface area contributed by atoms with Gasteiger partial charge < -0.3 is 15.0 Å². The summed E-state index contributed by atoms with van der Waals surface area (Å²) < 4.78 is 18.3. The minimum Gasteiger partial charge on any atom is -0.449 e. The highest BCUT2D eigenvalue weighted by molar-refractivity contribution is 5.96. The quantitative estimate of drug-likeness (QED) is 0.757. The van der Waals surface area contributed by atoms with Crippen LogP contribution in [0.25, 0.3) is 0 Å². The Morgan fingerprint density at radius 2 is 1.72 bits per heavy atom. The summed E-state index contributed by atoms with van der Waals surface area (Å²) in [6.07, 6.45) is 0.364. The molecule has 152 valence electrons. The van der Waals surface area contributed by atoms with Crippen molar-refractivity contribution in [3.8, 4) is 0 Å². The Morgan fingerprint density at radius 1 is 1.07 bits per heavy atom. The third-order valence-electron chi connectivity index (χ3n) is 4.87. The standard InChI is InChI=1S/C22H23FN2O4/c1-14(16-5-9-18(23)10-6-16)24-21(27)15(2)29-22(28)17-7-11-19(12-8-17)25-13-3-4-20(25)26/h5-12,14-15H,3-4,13H2,1-2H3,(H,24,27)/t14-,15-/m1/s1. The lowest BCUT2D eigenvalue weighted by Crippen LogP contribution is -2.37. The summed E-state index contributed by atoms with van der Waals surface area (Å²) in [5.74, 6) is -1.36. The number of anilines is 1. The van der Waals surface area contributed by atoms with Gasteiger partial charge in [0.15, 0.2) is 6.10 Å². The molecule has 2 aromatic rings. The minimum atomic E-state index is -0.995. The Labute approximate surface area is 168 Å². The fourth-order valence-electron chi connectivity index (χ4n) is 3.15. The Bertz CT molecular complexity index is 896. The molecule has 2 atom stereocenters. The Morgan fingerprint density at radius 3 is 2.31 bits per heavy atom. The third kappa shape index (κ3) is 4.99. The number of amides is 2. The van der Waals surface area contributed by atoms with E-state index in [0.29, 0.717) is 18.5 Å². The molecule has 0 unspecified atom stereocenters. The number of hydrogen-bond donors (Lipinski definition) is 1. The van der Waals surface area contributed by atoms with Gasteiger partial charge in [-0.1, -0.05) is 12.1 Å². The van der Waals surface area contributed by atoms with Gasteiger partial charge in [-0.15, -0.1) is 0 Å². The van der Waals surface area contributed by atoms with Crippen LogP contribution in [-0.2, 0) is 14.3 Å². The number of halogens is 1. The fourth-order valence-corrected chi connectivity index (χ4v) is 3.15. The molecule has 0 aliphatic carbocycles. The first kappa shape index (κ1) is 20.5. The van der Waals surface area contributed by atoms with E-state index in [4.69, 9.17) is 4.74 Å². The molecule has 1 heterocycles. The highest BCUT2D eigenvalue weighted by Crippen LogP contribution is 2.22. The lowest BCUT2D eigenvalue weighted by atomic mass is 10.1. The van der Waals surface area contributed by atoms with Gasteiger partial charge in [-0.05, 0) is 62.2 Å². The zero-order valence-electron chi connectivity index (χ0n) is 16.4. The highest BCUT2D eigenvalue weighted by Gasteiger charge is 2.23. The maximum Gasteiger partial charge on any atom is 0.338 e. The van der Waals surface area contributed by atoms with Crippen LogP contribution in [0.2, 0.25) is 0 Å². The molecule has 2 amide bonds. The number of benzene rings is 2. The molecule has 0 bridgehead atoms. The number of hydrogen-bond acceptors (Lipinski definition) is 4. The number of carbonyl (C=O) groups is 3. The molecular formula is C22H23FN2O4.